The van der Waals surface area contributed by atoms with E-state index in [-0.39, 0.29) is 0 Å². The fourth-order valence-corrected chi connectivity index (χ4v) is 9.58. The Morgan fingerprint density at radius 3 is 1.65 bits per heavy atom. The first-order valence-electron chi connectivity index (χ1n) is 17.8. The second-order valence-electron chi connectivity index (χ2n) is 13.6. The van der Waals surface area contributed by atoms with Crippen molar-refractivity contribution in [2.24, 2.45) is 0 Å². The number of thiophene rings is 1. The van der Waals surface area contributed by atoms with Gasteiger partial charge in [-0.15, -0.1) is 11.3 Å². The molecule has 0 aliphatic rings. The summed E-state index contributed by atoms with van der Waals surface area (Å²) in [5.74, 6) is 0. The van der Waals surface area contributed by atoms with E-state index in [4.69, 9.17) is 4.42 Å². The summed E-state index contributed by atoms with van der Waals surface area (Å²) in [6.07, 6.45) is 0. The Bertz CT molecular complexity index is 3110. The standard InChI is InChI=1S/C50H30OS/c1-3-15-32(16-4-1)47-43-29-42-40-24-13-25-41(49(40)51-44(42)30-45(43)52-50(47)33-17-5-2-6-18-33)48-38-22-11-9-20-36(38)46(37-21-10-12-23-39(37)48)35-27-26-31-14-7-8-19-34(31)28-35/h1-30H. The van der Waals surface area contributed by atoms with Gasteiger partial charge in [0.25, 0.3) is 0 Å². The lowest BCUT2D eigenvalue weighted by Gasteiger charge is -2.18. The molecule has 2 heteroatoms. The molecule has 0 radical (unpaired) electrons. The number of furan rings is 1. The molecular weight excluding hydrogens is 649 g/mol. The Kier molecular flexibility index (Phi) is 6.49. The highest BCUT2D eigenvalue weighted by atomic mass is 32.1. The molecular formula is C50H30OS. The van der Waals surface area contributed by atoms with Crippen LogP contribution in [0.25, 0.3) is 108 Å². The van der Waals surface area contributed by atoms with Crippen molar-refractivity contribution in [3.8, 4) is 43.8 Å². The molecule has 242 valence electrons. The quantitative estimate of drug-likeness (QED) is 0.169. The number of benzene rings is 9. The monoisotopic (exact) mass is 678 g/mol. The zero-order valence-corrected chi connectivity index (χ0v) is 29.0. The van der Waals surface area contributed by atoms with Gasteiger partial charge < -0.3 is 4.42 Å². The minimum absolute atomic E-state index is 0.914. The maximum Gasteiger partial charge on any atom is 0.143 e. The van der Waals surface area contributed by atoms with Crippen LogP contribution in [0, 0.1) is 0 Å². The van der Waals surface area contributed by atoms with Crippen molar-refractivity contribution in [1.82, 2.24) is 0 Å². The van der Waals surface area contributed by atoms with Crippen LogP contribution >= 0.6 is 11.3 Å². The number of hydrogen-bond acceptors (Lipinski definition) is 2. The minimum atomic E-state index is 0.914. The van der Waals surface area contributed by atoms with Crippen molar-refractivity contribution in [3.63, 3.8) is 0 Å². The predicted octanol–water partition coefficient (Wildman–Crippen LogP) is 14.9. The van der Waals surface area contributed by atoms with E-state index < -0.39 is 0 Å². The van der Waals surface area contributed by atoms with Gasteiger partial charge in [0.1, 0.15) is 11.2 Å². The molecule has 0 unspecified atom stereocenters. The summed E-state index contributed by atoms with van der Waals surface area (Å²) >= 11 is 1.84. The topological polar surface area (TPSA) is 13.1 Å². The van der Waals surface area contributed by atoms with Crippen LogP contribution in [0.4, 0.5) is 0 Å². The summed E-state index contributed by atoms with van der Waals surface area (Å²) in [6.45, 7) is 0. The van der Waals surface area contributed by atoms with E-state index in [1.54, 1.807) is 0 Å². The predicted molar refractivity (Wildman–Crippen MR) is 223 cm³/mol. The molecule has 11 rings (SSSR count). The summed E-state index contributed by atoms with van der Waals surface area (Å²) in [6, 6.07) is 66.0. The fourth-order valence-electron chi connectivity index (χ4n) is 8.34. The van der Waals surface area contributed by atoms with E-state index >= 15 is 0 Å². The fraction of sp³-hybridized carbons (Fsp3) is 0. The number of rotatable bonds is 4. The largest absolute Gasteiger partial charge is 0.455 e. The van der Waals surface area contributed by atoms with Gasteiger partial charge in [-0.2, -0.15) is 0 Å². The summed E-state index contributed by atoms with van der Waals surface area (Å²) < 4.78 is 8.20. The SMILES string of the molecule is c1ccc(-c2sc3cc4oc5c(-c6c7ccccc7c(-c7ccc8ccccc8c7)c7ccccc67)cccc5c4cc3c2-c2ccccc2)cc1. The van der Waals surface area contributed by atoms with Crippen molar-refractivity contribution in [2.75, 3.05) is 0 Å². The van der Waals surface area contributed by atoms with Crippen LogP contribution in [0.5, 0.6) is 0 Å². The Balaban J connectivity index is 1.19. The molecule has 52 heavy (non-hydrogen) atoms. The van der Waals surface area contributed by atoms with E-state index in [1.807, 2.05) is 11.3 Å². The highest BCUT2D eigenvalue weighted by Crippen LogP contribution is 2.50. The number of fused-ring (bicyclic) bond motifs is 7. The van der Waals surface area contributed by atoms with E-state index in [0.29, 0.717) is 0 Å². The molecule has 0 atom stereocenters. The lowest BCUT2D eigenvalue weighted by atomic mass is 9.85. The molecule has 0 aliphatic heterocycles. The lowest BCUT2D eigenvalue weighted by molar-refractivity contribution is 0.670. The molecule has 11 aromatic rings. The van der Waals surface area contributed by atoms with Gasteiger partial charge in [0.15, 0.2) is 0 Å². The summed E-state index contributed by atoms with van der Waals surface area (Å²) in [4.78, 5) is 1.28. The number of para-hydroxylation sites is 1. The van der Waals surface area contributed by atoms with E-state index in [2.05, 4.69) is 182 Å². The zero-order valence-electron chi connectivity index (χ0n) is 28.1. The molecule has 0 N–H and O–H groups in total. The Labute approximate surface area is 304 Å². The van der Waals surface area contributed by atoms with E-state index in [1.165, 1.54) is 80.7 Å². The van der Waals surface area contributed by atoms with Crippen molar-refractivity contribution < 1.29 is 4.42 Å². The summed E-state index contributed by atoms with van der Waals surface area (Å²) in [7, 11) is 0. The molecule has 0 saturated carbocycles. The van der Waals surface area contributed by atoms with Crippen molar-refractivity contribution >= 4 is 75.7 Å². The van der Waals surface area contributed by atoms with Crippen LogP contribution in [-0.2, 0) is 0 Å². The van der Waals surface area contributed by atoms with Crippen molar-refractivity contribution in [1.29, 1.82) is 0 Å². The number of hydrogen-bond donors (Lipinski definition) is 0. The average molecular weight is 679 g/mol. The van der Waals surface area contributed by atoms with Gasteiger partial charge in [0, 0.05) is 42.4 Å². The normalized spacial score (nSPS) is 11.8. The van der Waals surface area contributed by atoms with Crippen LogP contribution in [0.1, 0.15) is 0 Å². The highest BCUT2D eigenvalue weighted by Gasteiger charge is 2.22. The molecule has 9 aromatic carbocycles. The molecule has 2 heterocycles. The third-order valence-electron chi connectivity index (χ3n) is 10.6. The van der Waals surface area contributed by atoms with E-state index in [9.17, 15) is 0 Å². The van der Waals surface area contributed by atoms with Gasteiger partial charge in [0.2, 0.25) is 0 Å². The Hall–Kier alpha value is -6.48. The lowest BCUT2D eigenvalue weighted by Crippen LogP contribution is -1.91. The first kappa shape index (κ1) is 29.3. The van der Waals surface area contributed by atoms with Gasteiger partial charge in [-0.25, -0.2) is 0 Å². The van der Waals surface area contributed by atoms with Crippen LogP contribution in [0.3, 0.4) is 0 Å². The first-order valence-corrected chi connectivity index (χ1v) is 18.6. The van der Waals surface area contributed by atoms with Gasteiger partial charge in [-0.05, 0) is 72.8 Å². The molecule has 0 bridgehead atoms. The van der Waals surface area contributed by atoms with Crippen LogP contribution in [-0.4, -0.2) is 0 Å². The maximum atomic E-state index is 6.97. The second-order valence-corrected chi connectivity index (χ2v) is 14.6. The third-order valence-corrected chi connectivity index (χ3v) is 11.8. The molecule has 0 fully saturated rings. The average Bonchev–Trinajstić information content (AvgIpc) is 3.77. The van der Waals surface area contributed by atoms with Crippen LogP contribution in [0.2, 0.25) is 0 Å². The van der Waals surface area contributed by atoms with E-state index in [0.717, 1.165) is 27.5 Å². The van der Waals surface area contributed by atoms with Crippen LogP contribution < -0.4 is 0 Å². The minimum Gasteiger partial charge on any atom is -0.455 e. The van der Waals surface area contributed by atoms with Gasteiger partial charge >= 0.3 is 0 Å². The zero-order chi connectivity index (χ0) is 34.2. The first-order chi connectivity index (χ1) is 25.8. The molecule has 0 amide bonds. The smallest absolute Gasteiger partial charge is 0.143 e. The van der Waals surface area contributed by atoms with Crippen molar-refractivity contribution in [2.45, 2.75) is 0 Å². The Morgan fingerprint density at radius 1 is 0.346 bits per heavy atom. The second kappa shape index (κ2) is 11.5. The molecule has 2 aromatic heterocycles. The van der Waals surface area contributed by atoms with Crippen LogP contribution in [0.15, 0.2) is 186 Å². The molecule has 0 saturated heterocycles. The van der Waals surface area contributed by atoms with Gasteiger partial charge in [0.05, 0.1) is 0 Å². The summed E-state index contributed by atoms with van der Waals surface area (Å²) in [5.41, 5.74) is 10.4. The molecule has 1 nitrogen and oxygen atoms in total. The third kappa shape index (κ3) is 4.41. The maximum absolute atomic E-state index is 6.97. The Morgan fingerprint density at radius 2 is 0.942 bits per heavy atom. The highest BCUT2D eigenvalue weighted by molar-refractivity contribution is 7.23. The summed E-state index contributed by atoms with van der Waals surface area (Å²) in [5, 5.41) is 10.9. The van der Waals surface area contributed by atoms with Gasteiger partial charge in [-0.1, -0.05) is 164 Å². The molecule has 0 spiro atoms. The van der Waals surface area contributed by atoms with Gasteiger partial charge in [-0.3, -0.25) is 0 Å². The van der Waals surface area contributed by atoms with Crippen molar-refractivity contribution in [3.05, 3.63) is 182 Å². The molecule has 0 aliphatic carbocycles.